The molecule has 3 rings (SSSR count). The number of fused-ring (bicyclic) bond motifs is 2. The second kappa shape index (κ2) is 3.07. The molecule has 0 aromatic carbocycles. The van der Waals surface area contributed by atoms with Gasteiger partial charge < -0.3 is 4.74 Å². The molecule has 0 aromatic heterocycles. The van der Waals surface area contributed by atoms with Crippen molar-refractivity contribution in [3.63, 3.8) is 0 Å². The standard InChI is InChI=1S/C10H12O3/c1-2-13-8-5-6-3-4-7(8)10(12)9(6)11/h3-4,6-8H,2,5H2,1H3. The maximum Gasteiger partial charge on any atom is 0.208 e. The van der Waals surface area contributed by atoms with E-state index in [1.54, 1.807) is 0 Å². The molecular formula is C10H12O3. The number of carbonyl (C=O) groups excluding carboxylic acids is 2. The van der Waals surface area contributed by atoms with Crippen molar-refractivity contribution in [2.24, 2.45) is 11.8 Å². The zero-order valence-electron chi connectivity index (χ0n) is 7.53. The van der Waals surface area contributed by atoms with Gasteiger partial charge in [-0.15, -0.1) is 0 Å². The van der Waals surface area contributed by atoms with Crippen molar-refractivity contribution >= 4 is 11.6 Å². The number of rotatable bonds is 2. The smallest absolute Gasteiger partial charge is 0.208 e. The molecule has 0 radical (unpaired) electrons. The van der Waals surface area contributed by atoms with Gasteiger partial charge in [-0.2, -0.15) is 0 Å². The van der Waals surface area contributed by atoms with Crippen LogP contribution < -0.4 is 0 Å². The summed E-state index contributed by atoms with van der Waals surface area (Å²) in [6.45, 7) is 2.50. The number of ketones is 2. The highest BCUT2D eigenvalue weighted by atomic mass is 16.5. The van der Waals surface area contributed by atoms with Crippen LogP contribution in [-0.4, -0.2) is 24.3 Å². The summed E-state index contributed by atoms with van der Waals surface area (Å²) in [7, 11) is 0. The Hall–Kier alpha value is -0.960. The Morgan fingerprint density at radius 3 is 2.77 bits per heavy atom. The Morgan fingerprint density at radius 1 is 1.38 bits per heavy atom. The molecule has 3 atom stereocenters. The topological polar surface area (TPSA) is 43.4 Å². The van der Waals surface area contributed by atoms with Crippen molar-refractivity contribution in [3.05, 3.63) is 12.2 Å². The van der Waals surface area contributed by atoms with Gasteiger partial charge in [0.2, 0.25) is 11.6 Å². The Bertz CT molecular complexity index is 280. The Morgan fingerprint density at radius 2 is 2.15 bits per heavy atom. The first kappa shape index (κ1) is 8.63. The molecule has 13 heavy (non-hydrogen) atoms. The Balaban J connectivity index is 2.21. The Kier molecular flexibility index (Phi) is 2.04. The SMILES string of the molecule is CCOC1CC2C=CC1C(=O)C2=O. The molecule has 3 nitrogen and oxygen atoms in total. The van der Waals surface area contributed by atoms with E-state index in [4.69, 9.17) is 4.74 Å². The fourth-order valence-electron chi connectivity index (χ4n) is 2.04. The van der Waals surface area contributed by atoms with Gasteiger partial charge in [-0.05, 0) is 13.3 Å². The first-order valence-corrected chi connectivity index (χ1v) is 4.62. The summed E-state index contributed by atoms with van der Waals surface area (Å²) in [6.07, 6.45) is 4.27. The van der Waals surface area contributed by atoms with Gasteiger partial charge >= 0.3 is 0 Å². The first-order valence-electron chi connectivity index (χ1n) is 4.62. The number of Topliss-reactive ketones (excluding diaryl/α,β-unsaturated/α-hetero) is 2. The van der Waals surface area contributed by atoms with Gasteiger partial charge in [0, 0.05) is 12.5 Å². The lowest BCUT2D eigenvalue weighted by Gasteiger charge is -2.34. The molecule has 70 valence electrons. The van der Waals surface area contributed by atoms with E-state index < -0.39 is 0 Å². The molecule has 3 unspecified atom stereocenters. The van der Waals surface area contributed by atoms with Crippen molar-refractivity contribution in [2.75, 3.05) is 6.61 Å². The van der Waals surface area contributed by atoms with E-state index in [9.17, 15) is 9.59 Å². The molecular weight excluding hydrogens is 168 g/mol. The molecule has 1 saturated carbocycles. The summed E-state index contributed by atoms with van der Waals surface area (Å²) in [5.41, 5.74) is 0. The minimum absolute atomic E-state index is 0.0646. The fourth-order valence-corrected chi connectivity index (χ4v) is 2.04. The molecule has 0 amide bonds. The fraction of sp³-hybridized carbons (Fsp3) is 0.600. The van der Waals surface area contributed by atoms with Crippen LogP contribution in [-0.2, 0) is 14.3 Å². The molecule has 0 heterocycles. The summed E-state index contributed by atoms with van der Waals surface area (Å²) in [5.74, 6) is -1.02. The van der Waals surface area contributed by atoms with E-state index in [1.807, 2.05) is 19.1 Å². The van der Waals surface area contributed by atoms with Crippen LogP contribution in [0.3, 0.4) is 0 Å². The van der Waals surface area contributed by atoms with Gasteiger partial charge in [-0.3, -0.25) is 9.59 Å². The van der Waals surface area contributed by atoms with E-state index in [0.717, 1.165) is 0 Å². The van der Waals surface area contributed by atoms with Gasteiger partial charge in [0.25, 0.3) is 0 Å². The van der Waals surface area contributed by atoms with E-state index in [-0.39, 0.29) is 29.5 Å². The Labute approximate surface area is 76.8 Å². The number of allylic oxidation sites excluding steroid dienone is 1. The number of hydrogen-bond acceptors (Lipinski definition) is 3. The van der Waals surface area contributed by atoms with Gasteiger partial charge in [0.15, 0.2) is 0 Å². The number of carbonyl (C=O) groups is 2. The quantitative estimate of drug-likeness (QED) is 0.465. The minimum Gasteiger partial charge on any atom is -0.377 e. The van der Waals surface area contributed by atoms with Crippen LogP contribution in [0, 0.1) is 11.8 Å². The predicted octanol–water partition coefficient (Wildman–Crippen LogP) is 0.736. The highest BCUT2D eigenvalue weighted by molar-refractivity contribution is 6.41. The van der Waals surface area contributed by atoms with E-state index >= 15 is 0 Å². The molecule has 3 aliphatic rings. The van der Waals surface area contributed by atoms with Crippen molar-refractivity contribution in [2.45, 2.75) is 19.4 Å². The molecule has 0 aromatic rings. The third kappa shape index (κ3) is 1.23. The lowest BCUT2D eigenvalue weighted by atomic mass is 9.72. The van der Waals surface area contributed by atoms with Gasteiger partial charge in [-0.25, -0.2) is 0 Å². The highest BCUT2D eigenvalue weighted by Crippen LogP contribution is 2.33. The molecule has 1 fully saturated rings. The normalized spacial score (nSPS) is 37.2. The molecule has 3 heteroatoms. The average Bonchev–Trinajstić information content (AvgIpc) is 2.14. The van der Waals surface area contributed by atoms with E-state index in [1.165, 1.54) is 0 Å². The monoisotopic (exact) mass is 180 g/mol. The van der Waals surface area contributed by atoms with E-state index in [0.29, 0.717) is 13.0 Å². The number of hydrogen-bond donors (Lipinski definition) is 0. The maximum atomic E-state index is 11.4. The average molecular weight is 180 g/mol. The van der Waals surface area contributed by atoms with Crippen molar-refractivity contribution in [1.82, 2.24) is 0 Å². The lowest BCUT2D eigenvalue weighted by molar-refractivity contribution is -0.148. The van der Waals surface area contributed by atoms with Crippen molar-refractivity contribution < 1.29 is 14.3 Å². The zero-order chi connectivity index (χ0) is 9.42. The van der Waals surface area contributed by atoms with Crippen LogP contribution in [0.15, 0.2) is 12.2 Å². The van der Waals surface area contributed by atoms with Gasteiger partial charge in [-0.1, -0.05) is 12.2 Å². The largest absolute Gasteiger partial charge is 0.377 e. The summed E-state index contributed by atoms with van der Waals surface area (Å²) in [4.78, 5) is 22.7. The molecule has 0 saturated heterocycles. The minimum atomic E-state index is -0.308. The van der Waals surface area contributed by atoms with Crippen LogP contribution in [0.25, 0.3) is 0 Å². The zero-order valence-corrected chi connectivity index (χ0v) is 7.53. The summed E-state index contributed by atoms with van der Waals surface area (Å²) >= 11 is 0. The molecule has 2 bridgehead atoms. The van der Waals surface area contributed by atoms with Crippen LogP contribution in [0.2, 0.25) is 0 Å². The maximum absolute atomic E-state index is 11.4. The van der Waals surface area contributed by atoms with Gasteiger partial charge in [0.1, 0.15) is 0 Å². The second-order valence-corrected chi connectivity index (χ2v) is 3.48. The molecule has 0 spiro atoms. The third-order valence-corrected chi connectivity index (χ3v) is 2.70. The lowest BCUT2D eigenvalue weighted by Crippen LogP contribution is -2.46. The highest BCUT2D eigenvalue weighted by Gasteiger charge is 2.44. The summed E-state index contributed by atoms with van der Waals surface area (Å²) in [6, 6.07) is 0. The second-order valence-electron chi connectivity index (χ2n) is 3.48. The first-order chi connectivity index (χ1) is 6.24. The van der Waals surface area contributed by atoms with Gasteiger partial charge in [0.05, 0.1) is 12.0 Å². The van der Waals surface area contributed by atoms with Crippen LogP contribution in [0.4, 0.5) is 0 Å². The van der Waals surface area contributed by atoms with Crippen LogP contribution >= 0.6 is 0 Å². The van der Waals surface area contributed by atoms with Crippen LogP contribution in [0.5, 0.6) is 0 Å². The summed E-state index contributed by atoms with van der Waals surface area (Å²) < 4.78 is 5.41. The number of ether oxygens (including phenoxy) is 1. The molecule has 0 aliphatic heterocycles. The van der Waals surface area contributed by atoms with Crippen molar-refractivity contribution in [3.8, 4) is 0 Å². The summed E-state index contributed by atoms with van der Waals surface area (Å²) in [5, 5.41) is 0. The predicted molar refractivity (Wildman–Crippen MR) is 46.2 cm³/mol. The van der Waals surface area contributed by atoms with Crippen molar-refractivity contribution in [1.29, 1.82) is 0 Å². The molecule has 3 aliphatic carbocycles. The van der Waals surface area contributed by atoms with E-state index in [2.05, 4.69) is 0 Å². The molecule has 0 N–H and O–H groups in total. The van der Waals surface area contributed by atoms with Crippen LogP contribution in [0.1, 0.15) is 13.3 Å². The third-order valence-electron chi connectivity index (χ3n) is 2.70.